The second-order valence-corrected chi connectivity index (χ2v) is 3.17. The minimum Gasteiger partial charge on any atom is -0.382 e. The van der Waals surface area contributed by atoms with Gasteiger partial charge >= 0.3 is 0 Å². The molecule has 1 rings (SSSR count). The first-order valence-electron chi connectivity index (χ1n) is 4.31. The summed E-state index contributed by atoms with van der Waals surface area (Å²) in [6.45, 7) is 4.88. The quantitative estimate of drug-likeness (QED) is 0.702. The highest BCUT2D eigenvalue weighted by atomic mass is 19.1. The third-order valence-electron chi connectivity index (χ3n) is 1.66. The molecule has 1 aromatic rings. The van der Waals surface area contributed by atoms with E-state index in [1.54, 1.807) is 12.1 Å². The van der Waals surface area contributed by atoms with Gasteiger partial charge in [0.15, 0.2) is 0 Å². The lowest BCUT2D eigenvalue weighted by Gasteiger charge is -2.02. The molecule has 2 heteroatoms. The summed E-state index contributed by atoms with van der Waals surface area (Å²) in [7, 11) is 0. The maximum absolute atomic E-state index is 12.5. The van der Waals surface area contributed by atoms with Crippen molar-refractivity contribution in [3.63, 3.8) is 0 Å². The average Bonchev–Trinajstić information content (AvgIpc) is 2.08. The van der Waals surface area contributed by atoms with Crippen LogP contribution >= 0.6 is 0 Å². The lowest BCUT2D eigenvalue weighted by atomic mass is 10.3. The Morgan fingerprint density at radius 1 is 1.31 bits per heavy atom. The van der Waals surface area contributed by atoms with E-state index in [9.17, 15) is 4.39 Å². The van der Waals surface area contributed by atoms with Crippen molar-refractivity contribution < 1.29 is 4.39 Å². The van der Waals surface area contributed by atoms with Crippen molar-refractivity contribution in [2.75, 3.05) is 11.9 Å². The highest BCUT2D eigenvalue weighted by molar-refractivity contribution is 5.43. The lowest BCUT2D eigenvalue weighted by molar-refractivity contribution is 0.628. The van der Waals surface area contributed by atoms with Gasteiger partial charge in [-0.25, -0.2) is 4.39 Å². The molecule has 0 aromatic heterocycles. The molecule has 1 aromatic carbocycles. The van der Waals surface area contributed by atoms with Gasteiger partial charge < -0.3 is 5.32 Å². The Kier molecular flexibility index (Phi) is 3.50. The molecule has 0 atom stereocenters. The second-order valence-electron chi connectivity index (χ2n) is 3.17. The van der Waals surface area contributed by atoms with Crippen molar-refractivity contribution >= 4 is 5.69 Å². The van der Waals surface area contributed by atoms with Crippen LogP contribution in [0.25, 0.3) is 0 Å². The van der Waals surface area contributed by atoms with Crippen molar-refractivity contribution in [3.05, 3.63) is 41.7 Å². The molecule has 0 amide bonds. The molecule has 0 spiro atoms. The van der Waals surface area contributed by atoms with E-state index < -0.39 is 0 Å². The number of rotatable bonds is 3. The number of hydrogen-bond donors (Lipinski definition) is 1. The van der Waals surface area contributed by atoms with Crippen LogP contribution in [-0.4, -0.2) is 6.54 Å². The number of anilines is 1. The Hall–Kier alpha value is -1.31. The van der Waals surface area contributed by atoms with Crippen molar-refractivity contribution in [2.45, 2.75) is 13.8 Å². The van der Waals surface area contributed by atoms with Crippen LogP contribution in [0.3, 0.4) is 0 Å². The molecule has 0 saturated carbocycles. The molecule has 13 heavy (non-hydrogen) atoms. The topological polar surface area (TPSA) is 12.0 Å². The summed E-state index contributed by atoms with van der Waals surface area (Å²) in [5, 5.41) is 3.16. The predicted molar refractivity (Wildman–Crippen MR) is 54.3 cm³/mol. The van der Waals surface area contributed by atoms with Crippen molar-refractivity contribution in [3.8, 4) is 0 Å². The maximum atomic E-state index is 12.5. The number of hydrogen-bond acceptors (Lipinski definition) is 1. The molecule has 0 unspecified atom stereocenters. The van der Waals surface area contributed by atoms with Crippen molar-refractivity contribution in [1.29, 1.82) is 0 Å². The smallest absolute Gasteiger partial charge is 0.123 e. The van der Waals surface area contributed by atoms with Gasteiger partial charge in [-0.15, -0.1) is 0 Å². The van der Waals surface area contributed by atoms with Gasteiger partial charge in [0.25, 0.3) is 0 Å². The summed E-state index contributed by atoms with van der Waals surface area (Å²) in [4.78, 5) is 0. The standard InChI is InChI=1S/C11H14FN/c1-9(2)7-8-13-11-5-3-10(12)4-6-11/h3-7,13H,8H2,1-2H3. The van der Waals surface area contributed by atoms with E-state index in [-0.39, 0.29) is 5.82 Å². The van der Waals surface area contributed by atoms with Gasteiger partial charge in [-0.1, -0.05) is 11.6 Å². The third kappa shape index (κ3) is 3.74. The van der Waals surface area contributed by atoms with Crippen LogP contribution in [0.15, 0.2) is 35.9 Å². The fraction of sp³-hybridized carbons (Fsp3) is 0.273. The predicted octanol–water partition coefficient (Wildman–Crippen LogP) is 3.20. The van der Waals surface area contributed by atoms with Crippen LogP contribution in [0.2, 0.25) is 0 Å². The fourth-order valence-corrected chi connectivity index (χ4v) is 0.941. The Labute approximate surface area is 78.3 Å². The van der Waals surface area contributed by atoms with Gasteiger partial charge in [-0.3, -0.25) is 0 Å². The Morgan fingerprint density at radius 2 is 1.92 bits per heavy atom. The van der Waals surface area contributed by atoms with E-state index in [2.05, 4.69) is 11.4 Å². The van der Waals surface area contributed by atoms with E-state index in [0.29, 0.717) is 0 Å². The Bertz CT molecular complexity index is 283. The van der Waals surface area contributed by atoms with Crippen LogP contribution in [0.4, 0.5) is 10.1 Å². The molecular formula is C11H14FN. The summed E-state index contributed by atoms with van der Waals surface area (Å²) >= 11 is 0. The lowest BCUT2D eigenvalue weighted by Crippen LogP contribution is -1.98. The zero-order valence-corrected chi connectivity index (χ0v) is 7.97. The fourth-order valence-electron chi connectivity index (χ4n) is 0.941. The van der Waals surface area contributed by atoms with Crippen molar-refractivity contribution in [2.24, 2.45) is 0 Å². The van der Waals surface area contributed by atoms with Crippen LogP contribution < -0.4 is 5.32 Å². The molecule has 0 fully saturated rings. The van der Waals surface area contributed by atoms with Crippen LogP contribution in [0, 0.1) is 5.82 Å². The van der Waals surface area contributed by atoms with E-state index in [4.69, 9.17) is 0 Å². The minimum atomic E-state index is -0.201. The molecule has 0 aliphatic rings. The van der Waals surface area contributed by atoms with E-state index in [0.717, 1.165) is 12.2 Å². The van der Waals surface area contributed by atoms with Gasteiger partial charge in [0, 0.05) is 12.2 Å². The number of nitrogens with one attached hydrogen (secondary N) is 1. The summed E-state index contributed by atoms with van der Waals surface area (Å²) in [6.07, 6.45) is 2.09. The minimum absolute atomic E-state index is 0.201. The van der Waals surface area contributed by atoms with Gasteiger partial charge in [-0.2, -0.15) is 0 Å². The summed E-state index contributed by atoms with van der Waals surface area (Å²) in [6, 6.07) is 6.36. The van der Waals surface area contributed by atoms with Crippen LogP contribution in [0.5, 0.6) is 0 Å². The summed E-state index contributed by atoms with van der Waals surface area (Å²) < 4.78 is 12.5. The third-order valence-corrected chi connectivity index (χ3v) is 1.66. The normalized spacial score (nSPS) is 9.46. The van der Waals surface area contributed by atoms with Crippen LogP contribution in [0.1, 0.15) is 13.8 Å². The van der Waals surface area contributed by atoms with Gasteiger partial charge in [0.2, 0.25) is 0 Å². The van der Waals surface area contributed by atoms with E-state index >= 15 is 0 Å². The molecule has 70 valence electrons. The highest BCUT2D eigenvalue weighted by Gasteiger charge is 1.90. The molecule has 1 N–H and O–H groups in total. The zero-order chi connectivity index (χ0) is 9.68. The Morgan fingerprint density at radius 3 is 2.46 bits per heavy atom. The highest BCUT2D eigenvalue weighted by Crippen LogP contribution is 2.07. The largest absolute Gasteiger partial charge is 0.382 e. The van der Waals surface area contributed by atoms with Crippen molar-refractivity contribution in [1.82, 2.24) is 0 Å². The molecule has 0 aliphatic carbocycles. The number of allylic oxidation sites excluding steroid dienone is 1. The first-order chi connectivity index (χ1) is 6.18. The van der Waals surface area contributed by atoms with Crippen LogP contribution in [-0.2, 0) is 0 Å². The van der Waals surface area contributed by atoms with Gasteiger partial charge in [0.1, 0.15) is 5.82 Å². The average molecular weight is 179 g/mol. The molecule has 0 bridgehead atoms. The molecule has 0 heterocycles. The maximum Gasteiger partial charge on any atom is 0.123 e. The second kappa shape index (κ2) is 4.65. The SMILES string of the molecule is CC(C)=CCNc1ccc(F)cc1. The monoisotopic (exact) mass is 179 g/mol. The first kappa shape index (κ1) is 9.78. The molecule has 0 radical (unpaired) electrons. The molecular weight excluding hydrogens is 165 g/mol. The number of halogens is 1. The molecule has 0 saturated heterocycles. The summed E-state index contributed by atoms with van der Waals surface area (Å²) in [5.41, 5.74) is 2.22. The molecule has 1 nitrogen and oxygen atoms in total. The zero-order valence-electron chi connectivity index (χ0n) is 7.97. The number of benzene rings is 1. The van der Waals surface area contributed by atoms with E-state index in [1.165, 1.54) is 17.7 Å². The summed E-state index contributed by atoms with van der Waals surface area (Å²) in [5.74, 6) is -0.201. The van der Waals surface area contributed by atoms with Gasteiger partial charge in [-0.05, 0) is 38.1 Å². The van der Waals surface area contributed by atoms with Gasteiger partial charge in [0.05, 0.1) is 0 Å². The van der Waals surface area contributed by atoms with E-state index in [1.807, 2.05) is 13.8 Å². The Balaban J connectivity index is 2.46. The molecule has 0 aliphatic heterocycles. The first-order valence-corrected chi connectivity index (χ1v) is 4.31.